The summed E-state index contributed by atoms with van der Waals surface area (Å²) < 4.78 is 0. The van der Waals surface area contributed by atoms with Crippen LogP contribution in [0.2, 0.25) is 0 Å². The smallest absolute Gasteiger partial charge is 0.0459 e. The summed E-state index contributed by atoms with van der Waals surface area (Å²) >= 11 is 0. The molecule has 2 aromatic rings. The molecule has 0 radical (unpaired) electrons. The molecule has 0 amide bonds. The summed E-state index contributed by atoms with van der Waals surface area (Å²) in [5, 5.41) is 1.46. The highest BCUT2D eigenvalue weighted by Crippen LogP contribution is 2.31. The van der Waals surface area contributed by atoms with Gasteiger partial charge in [0.2, 0.25) is 0 Å². The average molecular weight is 228 g/mol. The number of benzene rings is 1. The first kappa shape index (κ1) is 10.8. The summed E-state index contributed by atoms with van der Waals surface area (Å²) in [6.07, 6.45) is 8.25. The predicted octanol–water partition coefficient (Wildman–Crippen LogP) is 2.94. The fraction of sp³-hybridized carbons (Fsp3) is 0.467. The minimum Gasteiger partial charge on any atom is -0.361 e. The Bertz CT molecular complexity index is 537. The molecule has 1 aliphatic carbocycles. The van der Waals surface area contributed by atoms with E-state index in [9.17, 15) is 0 Å². The molecule has 1 atom stereocenters. The lowest BCUT2D eigenvalue weighted by Gasteiger charge is -2.17. The maximum absolute atomic E-state index is 5.94. The van der Waals surface area contributed by atoms with Gasteiger partial charge in [-0.1, -0.05) is 6.07 Å². The summed E-state index contributed by atoms with van der Waals surface area (Å²) in [7, 11) is 0. The van der Waals surface area contributed by atoms with E-state index in [-0.39, 0.29) is 6.04 Å². The van der Waals surface area contributed by atoms with Crippen molar-refractivity contribution in [1.29, 1.82) is 0 Å². The van der Waals surface area contributed by atoms with Gasteiger partial charge in [0, 0.05) is 23.1 Å². The van der Waals surface area contributed by atoms with Crippen LogP contribution in [-0.2, 0) is 19.3 Å². The molecule has 1 aliphatic rings. The topological polar surface area (TPSA) is 41.8 Å². The molecule has 0 unspecified atom stereocenters. The number of aromatic amines is 1. The fourth-order valence-corrected chi connectivity index (χ4v) is 3.06. The van der Waals surface area contributed by atoms with Crippen molar-refractivity contribution in [2.45, 2.75) is 45.1 Å². The molecule has 0 spiro atoms. The fourth-order valence-electron chi connectivity index (χ4n) is 3.06. The van der Waals surface area contributed by atoms with Crippen LogP contribution in [-0.4, -0.2) is 11.0 Å². The van der Waals surface area contributed by atoms with Crippen molar-refractivity contribution in [3.05, 3.63) is 35.0 Å². The molecule has 1 aromatic carbocycles. The Morgan fingerprint density at radius 3 is 2.94 bits per heavy atom. The first-order chi connectivity index (χ1) is 8.25. The van der Waals surface area contributed by atoms with Crippen LogP contribution in [0.15, 0.2) is 18.3 Å². The lowest BCUT2D eigenvalue weighted by molar-refractivity contribution is 0.688. The normalized spacial score (nSPS) is 17.1. The first-order valence-corrected chi connectivity index (χ1v) is 6.62. The molecule has 3 N–H and O–H groups in total. The predicted molar refractivity (Wildman–Crippen MR) is 72.3 cm³/mol. The van der Waals surface area contributed by atoms with Crippen LogP contribution in [0.4, 0.5) is 0 Å². The number of hydrogen-bond acceptors (Lipinski definition) is 1. The number of fused-ring (bicyclic) bond motifs is 3. The largest absolute Gasteiger partial charge is 0.361 e. The number of nitrogens with one attached hydrogen (secondary N) is 1. The molecule has 2 heteroatoms. The Morgan fingerprint density at radius 1 is 1.29 bits per heavy atom. The van der Waals surface area contributed by atoms with E-state index in [1.807, 2.05) is 0 Å². The summed E-state index contributed by atoms with van der Waals surface area (Å²) in [5.41, 5.74) is 11.7. The maximum Gasteiger partial charge on any atom is 0.0459 e. The van der Waals surface area contributed by atoms with Crippen molar-refractivity contribution < 1.29 is 0 Å². The van der Waals surface area contributed by atoms with E-state index in [1.165, 1.54) is 42.1 Å². The Morgan fingerprint density at radius 2 is 2.12 bits per heavy atom. The van der Waals surface area contributed by atoms with E-state index in [1.54, 1.807) is 11.1 Å². The van der Waals surface area contributed by atoms with E-state index >= 15 is 0 Å². The minimum atomic E-state index is 0.230. The number of aryl methyl sites for hydroxylation is 2. The molecule has 0 saturated carbocycles. The quantitative estimate of drug-likeness (QED) is 0.815. The molecule has 0 bridgehead atoms. The molecule has 0 fully saturated rings. The standard InChI is InChI=1S/C15H20N2/c1-10(16)8-12-9-17-14-7-6-11-4-2-3-5-13(11)15(12)14/h6-7,9-10,17H,2-5,8,16H2,1H3/t10-/m0/s1. The Hall–Kier alpha value is -1.28. The van der Waals surface area contributed by atoms with Crippen LogP contribution >= 0.6 is 0 Å². The van der Waals surface area contributed by atoms with Gasteiger partial charge in [0.05, 0.1) is 0 Å². The second-order valence-corrected chi connectivity index (χ2v) is 5.33. The number of nitrogens with two attached hydrogens (primary N) is 1. The van der Waals surface area contributed by atoms with Crippen LogP contribution < -0.4 is 5.73 Å². The highest BCUT2D eigenvalue weighted by Gasteiger charge is 2.16. The first-order valence-electron chi connectivity index (χ1n) is 6.62. The van der Waals surface area contributed by atoms with E-state index in [2.05, 4.69) is 30.2 Å². The van der Waals surface area contributed by atoms with Crippen LogP contribution in [0.5, 0.6) is 0 Å². The molecule has 17 heavy (non-hydrogen) atoms. The zero-order valence-corrected chi connectivity index (χ0v) is 10.4. The van der Waals surface area contributed by atoms with Gasteiger partial charge in [0.1, 0.15) is 0 Å². The summed E-state index contributed by atoms with van der Waals surface area (Å²) in [6.45, 7) is 2.08. The van der Waals surface area contributed by atoms with Gasteiger partial charge in [-0.25, -0.2) is 0 Å². The Balaban J connectivity index is 2.17. The summed E-state index contributed by atoms with van der Waals surface area (Å²) in [4.78, 5) is 3.39. The third-order valence-corrected chi connectivity index (χ3v) is 3.80. The van der Waals surface area contributed by atoms with Crippen molar-refractivity contribution in [3.63, 3.8) is 0 Å². The molecule has 1 aromatic heterocycles. The highest BCUT2D eigenvalue weighted by molar-refractivity contribution is 5.88. The number of H-pyrrole nitrogens is 1. The van der Waals surface area contributed by atoms with Gasteiger partial charge in [-0.2, -0.15) is 0 Å². The lowest BCUT2D eigenvalue weighted by atomic mass is 9.87. The van der Waals surface area contributed by atoms with Gasteiger partial charge >= 0.3 is 0 Å². The van der Waals surface area contributed by atoms with Gasteiger partial charge in [-0.05, 0) is 61.8 Å². The second kappa shape index (κ2) is 4.19. The molecule has 1 heterocycles. The van der Waals surface area contributed by atoms with Crippen molar-refractivity contribution >= 4 is 10.9 Å². The third-order valence-electron chi connectivity index (χ3n) is 3.80. The summed E-state index contributed by atoms with van der Waals surface area (Å²) in [5.74, 6) is 0. The average Bonchev–Trinajstić information content (AvgIpc) is 2.72. The van der Waals surface area contributed by atoms with Crippen molar-refractivity contribution in [2.24, 2.45) is 5.73 Å². The Labute approximate surface area is 102 Å². The monoisotopic (exact) mass is 228 g/mol. The van der Waals surface area contributed by atoms with E-state index in [0.717, 1.165) is 6.42 Å². The van der Waals surface area contributed by atoms with Crippen LogP contribution in [0, 0.1) is 0 Å². The van der Waals surface area contributed by atoms with Gasteiger partial charge in [0.15, 0.2) is 0 Å². The molecule has 2 nitrogen and oxygen atoms in total. The Kier molecular flexibility index (Phi) is 2.67. The number of rotatable bonds is 2. The molecule has 0 aliphatic heterocycles. The third kappa shape index (κ3) is 1.87. The lowest BCUT2D eigenvalue weighted by Crippen LogP contribution is -2.17. The van der Waals surface area contributed by atoms with Gasteiger partial charge in [-0.3, -0.25) is 0 Å². The van der Waals surface area contributed by atoms with E-state index in [4.69, 9.17) is 5.73 Å². The maximum atomic E-state index is 5.94. The molecular formula is C15H20N2. The molecule has 0 saturated heterocycles. The SMILES string of the molecule is C[C@H](N)Cc1c[nH]c2ccc3c(c12)CCCC3. The molecule has 3 rings (SSSR count). The van der Waals surface area contributed by atoms with E-state index in [0.29, 0.717) is 0 Å². The summed E-state index contributed by atoms with van der Waals surface area (Å²) in [6, 6.07) is 4.75. The van der Waals surface area contributed by atoms with Crippen LogP contribution in [0.25, 0.3) is 10.9 Å². The molecule has 90 valence electrons. The van der Waals surface area contributed by atoms with Crippen molar-refractivity contribution in [1.82, 2.24) is 4.98 Å². The second-order valence-electron chi connectivity index (χ2n) is 5.33. The van der Waals surface area contributed by atoms with Gasteiger partial charge in [0.25, 0.3) is 0 Å². The zero-order valence-electron chi connectivity index (χ0n) is 10.4. The van der Waals surface area contributed by atoms with Crippen LogP contribution in [0.1, 0.15) is 36.5 Å². The van der Waals surface area contributed by atoms with Crippen molar-refractivity contribution in [2.75, 3.05) is 0 Å². The van der Waals surface area contributed by atoms with Gasteiger partial charge < -0.3 is 10.7 Å². The van der Waals surface area contributed by atoms with E-state index < -0.39 is 0 Å². The van der Waals surface area contributed by atoms with Gasteiger partial charge in [-0.15, -0.1) is 0 Å². The van der Waals surface area contributed by atoms with Crippen molar-refractivity contribution in [3.8, 4) is 0 Å². The number of aromatic nitrogens is 1. The van der Waals surface area contributed by atoms with Crippen LogP contribution in [0.3, 0.4) is 0 Å². The zero-order chi connectivity index (χ0) is 11.8. The number of hydrogen-bond donors (Lipinski definition) is 2. The molecular weight excluding hydrogens is 208 g/mol. The minimum absolute atomic E-state index is 0.230. The highest BCUT2D eigenvalue weighted by atomic mass is 14.7.